The average molecular weight is 330 g/mol. The van der Waals surface area contributed by atoms with Gasteiger partial charge in [-0.25, -0.2) is 0 Å². The highest BCUT2D eigenvalue weighted by Gasteiger charge is 2.14. The molecule has 4 heteroatoms. The SMILES string of the molecule is C[S+]([O-])c1ccccc1-c1ccc(Cl)cc1Br. The summed E-state index contributed by atoms with van der Waals surface area (Å²) in [5, 5.41) is 0.677. The second-order valence-electron chi connectivity index (χ2n) is 3.57. The van der Waals surface area contributed by atoms with E-state index in [9.17, 15) is 4.55 Å². The lowest BCUT2D eigenvalue weighted by atomic mass is 10.1. The third-order valence-corrected chi connectivity index (χ3v) is 4.28. The minimum absolute atomic E-state index is 0.677. The highest BCUT2D eigenvalue weighted by Crippen LogP contribution is 2.34. The highest BCUT2D eigenvalue weighted by atomic mass is 79.9. The molecule has 88 valence electrons. The van der Waals surface area contributed by atoms with E-state index in [4.69, 9.17) is 11.6 Å². The molecule has 0 spiro atoms. The summed E-state index contributed by atoms with van der Waals surface area (Å²) in [5.74, 6) is 0. The van der Waals surface area contributed by atoms with Gasteiger partial charge in [-0.2, -0.15) is 0 Å². The molecule has 1 nitrogen and oxygen atoms in total. The van der Waals surface area contributed by atoms with Crippen molar-refractivity contribution in [3.05, 3.63) is 52.0 Å². The van der Waals surface area contributed by atoms with Gasteiger partial charge in [-0.15, -0.1) is 0 Å². The molecular weight excluding hydrogens is 320 g/mol. The number of benzene rings is 2. The van der Waals surface area contributed by atoms with Crippen LogP contribution in [0.15, 0.2) is 51.8 Å². The molecule has 0 radical (unpaired) electrons. The van der Waals surface area contributed by atoms with Gasteiger partial charge in [0.25, 0.3) is 0 Å². The summed E-state index contributed by atoms with van der Waals surface area (Å²) in [6, 6.07) is 13.3. The van der Waals surface area contributed by atoms with Crippen LogP contribution in [0.1, 0.15) is 0 Å². The first-order valence-corrected chi connectivity index (χ1v) is 7.70. The fourth-order valence-corrected chi connectivity index (χ4v) is 3.30. The van der Waals surface area contributed by atoms with Crippen molar-refractivity contribution in [1.82, 2.24) is 0 Å². The zero-order chi connectivity index (χ0) is 12.4. The molecule has 2 rings (SSSR count). The summed E-state index contributed by atoms with van der Waals surface area (Å²) >= 11 is 8.39. The molecule has 0 amide bonds. The van der Waals surface area contributed by atoms with Crippen molar-refractivity contribution in [2.24, 2.45) is 0 Å². The Kier molecular flexibility index (Phi) is 4.15. The first-order chi connectivity index (χ1) is 8.09. The third-order valence-electron chi connectivity index (χ3n) is 2.42. The van der Waals surface area contributed by atoms with E-state index in [2.05, 4.69) is 15.9 Å². The van der Waals surface area contributed by atoms with Crippen molar-refractivity contribution >= 4 is 38.7 Å². The molecule has 0 aliphatic rings. The van der Waals surface area contributed by atoms with Gasteiger partial charge in [-0.1, -0.05) is 45.7 Å². The second-order valence-corrected chi connectivity index (χ2v) is 6.21. The minimum atomic E-state index is -1.01. The van der Waals surface area contributed by atoms with Crippen molar-refractivity contribution in [3.63, 3.8) is 0 Å². The normalized spacial score (nSPS) is 12.5. The first-order valence-electron chi connectivity index (χ1n) is 4.97. The number of hydrogen-bond acceptors (Lipinski definition) is 1. The minimum Gasteiger partial charge on any atom is -0.612 e. The van der Waals surface area contributed by atoms with Gasteiger partial charge in [0.1, 0.15) is 6.26 Å². The smallest absolute Gasteiger partial charge is 0.160 e. The van der Waals surface area contributed by atoms with Crippen molar-refractivity contribution in [3.8, 4) is 11.1 Å². The predicted molar refractivity (Wildman–Crippen MR) is 76.9 cm³/mol. The van der Waals surface area contributed by atoms with Crippen molar-refractivity contribution in [2.75, 3.05) is 6.26 Å². The molecular formula is C13H10BrClOS. The number of hydrogen-bond donors (Lipinski definition) is 0. The van der Waals surface area contributed by atoms with Crippen molar-refractivity contribution < 1.29 is 4.55 Å². The first kappa shape index (κ1) is 13.0. The molecule has 0 aliphatic carbocycles. The Morgan fingerprint density at radius 1 is 1.12 bits per heavy atom. The summed E-state index contributed by atoms with van der Waals surface area (Å²) in [6.45, 7) is 0. The van der Waals surface area contributed by atoms with Crippen LogP contribution in [0.4, 0.5) is 0 Å². The Balaban J connectivity index is 2.60. The van der Waals surface area contributed by atoms with Crippen LogP contribution < -0.4 is 0 Å². The van der Waals surface area contributed by atoms with Crippen LogP contribution in [0.5, 0.6) is 0 Å². The lowest BCUT2D eigenvalue weighted by Gasteiger charge is -2.11. The average Bonchev–Trinajstić information content (AvgIpc) is 2.29. The van der Waals surface area contributed by atoms with Gasteiger partial charge in [-0.05, 0) is 35.4 Å². The summed E-state index contributed by atoms with van der Waals surface area (Å²) in [4.78, 5) is 0.829. The molecule has 0 bridgehead atoms. The Morgan fingerprint density at radius 2 is 1.82 bits per heavy atom. The van der Waals surface area contributed by atoms with Crippen LogP contribution in [-0.4, -0.2) is 10.8 Å². The second kappa shape index (κ2) is 5.44. The highest BCUT2D eigenvalue weighted by molar-refractivity contribution is 9.10. The largest absolute Gasteiger partial charge is 0.612 e. The number of rotatable bonds is 2. The van der Waals surface area contributed by atoms with Crippen LogP contribution in [0.2, 0.25) is 5.02 Å². The van der Waals surface area contributed by atoms with E-state index in [1.807, 2.05) is 42.5 Å². The lowest BCUT2D eigenvalue weighted by molar-refractivity contribution is 0.601. The van der Waals surface area contributed by atoms with E-state index in [1.54, 1.807) is 6.26 Å². The molecule has 0 aliphatic heterocycles. The molecule has 1 atom stereocenters. The van der Waals surface area contributed by atoms with Crippen molar-refractivity contribution in [1.29, 1.82) is 0 Å². The molecule has 0 aromatic heterocycles. The van der Waals surface area contributed by atoms with Gasteiger partial charge in [0.05, 0.1) is 0 Å². The maximum atomic E-state index is 11.7. The van der Waals surface area contributed by atoms with Gasteiger partial charge in [0.2, 0.25) is 0 Å². The maximum Gasteiger partial charge on any atom is 0.160 e. The van der Waals surface area contributed by atoms with Crippen LogP contribution in [0, 0.1) is 0 Å². The van der Waals surface area contributed by atoms with E-state index in [0.717, 1.165) is 20.5 Å². The quantitative estimate of drug-likeness (QED) is 0.744. The van der Waals surface area contributed by atoms with E-state index in [0.29, 0.717) is 5.02 Å². The monoisotopic (exact) mass is 328 g/mol. The third kappa shape index (κ3) is 2.86. The fraction of sp³-hybridized carbons (Fsp3) is 0.0769. The summed E-state index contributed by atoms with van der Waals surface area (Å²) in [7, 11) is 0. The van der Waals surface area contributed by atoms with Gasteiger partial charge in [-0.3, -0.25) is 0 Å². The fourth-order valence-electron chi connectivity index (χ4n) is 1.65. The molecule has 1 unspecified atom stereocenters. The Hall–Kier alpha value is -0.480. The van der Waals surface area contributed by atoms with E-state index >= 15 is 0 Å². The molecule has 2 aromatic rings. The van der Waals surface area contributed by atoms with E-state index in [1.165, 1.54) is 0 Å². The molecule has 0 N–H and O–H groups in total. The summed E-state index contributed by atoms with van der Waals surface area (Å²) in [6.07, 6.45) is 1.68. The molecule has 0 fully saturated rings. The molecule has 0 saturated carbocycles. The van der Waals surface area contributed by atoms with Crippen LogP contribution >= 0.6 is 27.5 Å². The van der Waals surface area contributed by atoms with Crippen LogP contribution in [0.25, 0.3) is 11.1 Å². The molecule has 0 heterocycles. The van der Waals surface area contributed by atoms with Crippen LogP contribution in [0.3, 0.4) is 0 Å². The zero-order valence-corrected chi connectivity index (χ0v) is 12.3. The van der Waals surface area contributed by atoms with E-state index < -0.39 is 11.2 Å². The van der Waals surface area contributed by atoms with Gasteiger partial charge >= 0.3 is 0 Å². The maximum absolute atomic E-state index is 11.7. The Labute approximate surface area is 117 Å². The van der Waals surface area contributed by atoms with Gasteiger partial charge < -0.3 is 4.55 Å². The van der Waals surface area contributed by atoms with E-state index in [-0.39, 0.29) is 0 Å². The van der Waals surface area contributed by atoms with Gasteiger partial charge in [0, 0.05) is 20.6 Å². The summed E-state index contributed by atoms with van der Waals surface area (Å²) < 4.78 is 12.6. The summed E-state index contributed by atoms with van der Waals surface area (Å²) in [5.41, 5.74) is 1.97. The lowest BCUT2D eigenvalue weighted by Crippen LogP contribution is -1.99. The predicted octanol–water partition coefficient (Wildman–Crippen LogP) is 4.51. The molecule has 17 heavy (non-hydrogen) atoms. The Bertz CT molecular complexity index is 543. The molecule has 2 aromatic carbocycles. The Morgan fingerprint density at radius 3 is 2.47 bits per heavy atom. The van der Waals surface area contributed by atoms with Crippen LogP contribution in [-0.2, 0) is 11.2 Å². The van der Waals surface area contributed by atoms with Crippen molar-refractivity contribution in [2.45, 2.75) is 4.90 Å². The topological polar surface area (TPSA) is 23.1 Å². The zero-order valence-electron chi connectivity index (χ0n) is 9.11. The number of halogens is 2. The van der Waals surface area contributed by atoms with Gasteiger partial charge in [0.15, 0.2) is 4.90 Å². The standard InChI is InChI=1S/C13H10BrClOS/c1-17(16)13-5-3-2-4-11(13)10-7-6-9(15)8-12(10)14/h2-8H,1H3. The molecule has 0 saturated heterocycles.